The van der Waals surface area contributed by atoms with E-state index in [1.54, 1.807) is 0 Å². The summed E-state index contributed by atoms with van der Waals surface area (Å²) >= 11 is 0. The fraction of sp³-hybridized carbons (Fsp3) is 0.429. The summed E-state index contributed by atoms with van der Waals surface area (Å²) < 4.78 is 0. The monoisotopic (exact) mass is 188 g/mol. The zero-order valence-corrected chi connectivity index (χ0v) is 9.67. The second kappa shape index (κ2) is 3.61. The number of rotatable bonds is 3. The van der Waals surface area contributed by atoms with Crippen LogP contribution in [0.4, 0.5) is 0 Å². The standard InChI is InChI=1S/C14H20/c1-6-13(2,3)14(4,5)12-10-8-7-9-11-12/h6-11H,1H2,2-5H3. The van der Waals surface area contributed by atoms with Crippen LogP contribution in [-0.2, 0) is 5.41 Å². The molecule has 0 unspecified atom stereocenters. The van der Waals surface area contributed by atoms with Crippen LogP contribution in [0, 0.1) is 5.41 Å². The van der Waals surface area contributed by atoms with Gasteiger partial charge in [-0.25, -0.2) is 0 Å². The molecule has 0 saturated heterocycles. The molecule has 0 aliphatic carbocycles. The maximum Gasteiger partial charge on any atom is -0.00181 e. The Hall–Kier alpha value is -1.04. The smallest absolute Gasteiger partial charge is 0.00181 e. The first-order valence-electron chi connectivity index (χ1n) is 5.11. The Balaban J connectivity index is 3.14. The second-order valence-electron chi connectivity index (χ2n) is 4.92. The molecule has 0 nitrogen and oxygen atoms in total. The molecule has 0 aromatic heterocycles. The van der Waals surface area contributed by atoms with Crippen LogP contribution in [0.1, 0.15) is 33.3 Å². The largest absolute Gasteiger partial charge is 0.103 e. The van der Waals surface area contributed by atoms with Crippen molar-refractivity contribution in [2.24, 2.45) is 5.41 Å². The summed E-state index contributed by atoms with van der Waals surface area (Å²) in [6.45, 7) is 12.9. The van der Waals surface area contributed by atoms with Crippen LogP contribution in [0.3, 0.4) is 0 Å². The van der Waals surface area contributed by atoms with E-state index in [2.05, 4.69) is 64.6 Å². The summed E-state index contributed by atoms with van der Waals surface area (Å²) in [5.74, 6) is 0. The molecule has 0 radical (unpaired) electrons. The molecular weight excluding hydrogens is 168 g/mol. The summed E-state index contributed by atoms with van der Waals surface area (Å²) in [4.78, 5) is 0. The minimum atomic E-state index is 0.106. The van der Waals surface area contributed by atoms with Crippen LogP contribution in [0.5, 0.6) is 0 Å². The Kier molecular flexibility index (Phi) is 2.84. The first-order valence-corrected chi connectivity index (χ1v) is 5.11. The van der Waals surface area contributed by atoms with Crippen LogP contribution < -0.4 is 0 Å². The van der Waals surface area contributed by atoms with Crippen LogP contribution in [0.2, 0.25) is 0 Å². The van der Waals surface area contributed by atoms with Crippen molar-refractivity contribution < 1.29 is 0 Å². The molecule has 0 bridgehead atoms. The Bertz CT molecular complexity index is 304. The van der Waals surface area contributed by atoms with Gasteiger partial charge in [-0.2, -0.15) is 0 Å². The Morgan fingerprint density at radius 3 is 1.93 bits per heavy atom. The fourth-order valence-corrected chi connectivity index (χ4v) is 1.48. The maximum atomic E-state index is 3.92. The Morgan fingerprint density at radius 1 is 1.00 bits per heavy atom. The lowest BCUT2D eigenvalue weighted by molar-refractivity contribution is 0.268. The van der Waals surface area contributed by atoms with E-state index < -0.39 is 0 Å². The molecule has 0 aliphatic heterocycles. The van der Waals surface area contributed by atoms with Gasteiger partial charge < -0.3 is 0 Å². The van der Waals surface area contributed by atoms with Crippen LogP contribution in [-0.4, -0.2) is 0 Å². The molecule has 0 N–H and O–H groups in total. The summed E-state index contributed by atoms with van der Waals surface area (Å²) in [6, 6.07) is 10.6. The quantitative estimate of drug-likeness (QED) is 0.624. The molecule has 76 valence electrons. The van der Waals surface area contributed by atoms with Gasteiger partial charge in [0.25, 0.3) is 0 Å². The number of hydrogen-bond acceptors (Lipinski definition) is 0. The Labute approximate surface area is 87.7 Å². The molecule has 0 aliphatic rings. The molecule has 0 saturated carbocycles. The van der Waals surface area contributed by atoms with Crippen molar-refractivity contribution in [1.82, 2.24) is 0 Å². The minimum Gasteiger partial charge on any atom is -0.103 e. The summed E-state index contributed by atoms with van der Waals surface area (Å²) in [6.07, 6.45) is 2.04. The van der Waals surface area contributed by atoms with Crippen molar-refractivity contribution in [3.63, 3.8) is 0 Å². The summed E-state index contributed by atoms with van der Waals surface area (Å²) in [7, 11) is 0. The van der Waals surface area contributed by atoms with Crippen molar-refractivity contribution in [2.75, 3.05) is 0 Å². The highest BCUT2D eigenvalue weighted by Crippen LogP contribution is 2.41. The van der Waals surface area contributed by atoms with Gasteiger partial charge >= 0.3 is 0 Å². The normalized spacial score (nSPS) is 12.6. The van der Waals surface area contributed by atoms with Crippen LogP contribution >= 0.6 is 0 Å². The highest BCUT2D eigenvalue weighted by molar-refractivity contribution is 5.28. The van der Waals surface area contributed by atoms with E-state index in [4.69, 9.17) is 0 Å². The van der Waals surface area contributed by atoms with Gasteiger partial charge in [-0.3, -0.25) is 0 Å². The predicted octanol–water partition coefficient (Wildman–Crippen LogP) is 4.18. The van der Waals surface area contributed by atoms with Gasteiger partial charge in [0.15, 0.2) is 0 Å². The third kappa shape index (κ3) is 1.75. The average molecular weight is 188 g/mol. The third-order valence-electron chi connectivity index (χ3n) is 3.62. The fourth-order valence-electron chi connectivity index (χ4n) is 1.48. The van der Waals surface area contributed by atoms with E-state index in [1.165, 1.54) is 5.56 Å². The Morgan fingerprint density at radius 2 is 1.50 bits per heavy atom. The second-order valence-corrected chi connectivity index (χ2v) is 4.92. The summed E-state index contributed by atoms with van der Waals surface area (Å²) in [5.41, 5.74) is 1.59. The molecular formula is C14H20. The molecule has 0 heterocycles. The van der Waals surface area contributed by atoms with Gasteiger partial charge in [0.1, 0.15) is 0 Å². The van der Waals surface area contributed by atoms with Crippen molar-refractivity contribution in [1.29, 1.82) is 0 Å². The molecule has 1 aromatic rings. The van der Waals surface area contributed by atoms with Crippen molar-refractivity contribution in [2.45, 2.75) is 33.1 Å². The summed E-state index contributed by atoms with van der Waals surface area (Å²) in [5, 5.41) is 0. The topological polar surface area (TPSA) is 0 Å². The number of allylic oxidation sites excluding steroid dienone is 1. The van der Waals surface area contributed by atoms with E-state index in [1.807, 2.05) is 6.08 Å². The van der Waals surface area contributed by atoms with Gasteiger partial charge in [-0.05, 0) is 16.4 Å². The maximum absolute atomic E-state index is 3.92. The zero-order valence-electron chi connectivity index (χ0n) is 9.67. The van der Waals surface area contributed by atoms with E-state index in [-0.39, 0.29) is 10.8 Å². The number of benzene rings is 1. The molecule has 14 heavy (non-hydrogen) atoms. The van der Waals surface area contributed by atoms with Gasteiger partial charge in [0, 0.05) is 0 Å². The third-order valence-corrected chi connectivity index (χ3v) is 3.62. The van der Waals surface area contributed by atoms with Gasteiger partial charge in [-0.1, -0.05) is 64.1 Å². The van der Waals surface area contributed by atoms with Crippen LogP contribution in [0.25, 0.3) is 0 Å². The first kappa shape index (κ1) is 11.0. The molecule has 0 atom stereocenters. The van der Waals surface area contributed by atoms with Crippen molar-refractivity contribution in [3.05, 3.63) is 48.6 Å². The van der Waals surface area contributed by atoms with E-state index in [0.717, 1.165) is 0 Å². The lowest BCUT2D eigenvalue weighted by atomic mass is 9.64. The molecule has 1 rings (SSSR count). The van der Waals surface area contributed by atoms with Crippen molar-refractivity contribution >= 4 is 0 Å². The zero-order chi connectivity index (χ0) is 10.8. The highest BCUT2D eigenvalue weighted by Gasteiger charge is 2.35. The minimum absolute atomic E-state index is 0.106. The van der Waals surface area contributed by atoms with Gasteiger partial charge in [0.05, 0.1) is 0 Å². The lowest BCUT2D eigenvalue weighted by Gasteiger charge is -2.40. The molecule has 0 spiro atoms. The van der Waals surface area contributed by atoms with Gasteiger partial charge in [-0.15, -0.1) is 6.58 Å². The van der Waals surface area contributed by atoms with E-state index in [0.29, 0.717) is 0 Å². The van der Waals surface area contributed by atoms with Crippen molar-refractivity contribution in [3.8, 4) is 0 Å². The molecule has 0 amide bonds. The molecule has 1 aromatic carbocycles. The SMILES string of the molecule is C=CC(C)(C)C(C)(C)c1ccccc1. The highest BCUT2D eigenvalue weighted by atomic mass is 14.4. The first-order chi connectivity index (χ1) is 6.42. The van der Waals surface area contributed by atoms with Crippen LogP contribution in [0.15, 0.2) is 43.0 Å². The van der Waals surface area contributed by atoms with E-state index in [9.17, 15) is 0 Å². The predicted molar refractivity (Wildman–Crippen MR) is 63.4 cm³/mol. The molecule has 0 fully saturated rings. The van der Waals surface area contributed by atoms with Gasteiger partial charge in [0.2, 0.25) is 0 Å². The lowest BCUT2D eigenvalue weighted by Crippen LogP contribution is -2.34. The van der Waals surface area contributed by atoms with E-state index >= 15 is 0 Å². The average Bonchev–Trinajstić information content (AvgIpc) is 2.19. The number of hydrogen-bond donors (Lipinski definition) is 0. The molecule has 0 heteroatoms.